The van der Waals surface area contributed by atoms with Crippen molar-refractivity contribution < 1.29 is 4.39 Å². The average molecular weight is 376 g/mol. The van der Waals surface area contributed by atoms with Crippen LogP contribution in [-0.2, 0) is 6.54 Å². The third kappa shape index (κ3) is 2.70. The summed E-state index contributed by atoms with van der Waals surface area (Å²) in [6.45, 7) is 2.10. The largest absolute Gasteiger partial charge is 0.291 e. The van der Waals surface area contributed by atoms with Crippen molar-refractivity contribution in [1.82, 2.24) is 9.55 Å². The van der Waals surface area contributed by atoms with E-state index in [4.69, 9.17) is 0 Å². The van der Waals surface area contributed by atoms with Gasteiger partial charge >= 0.3 is 0 Å². The normalized spacial score (nSPS) is 10.7. The molecule has 0 bridgehead atoms. The summed E-state index contributed by atoms with van der Waals surface area (Å²) in [4.78, 5) is 16.1. The summed E-state index contributed by atoms with van der Waals surface area (Å²) in [5.41, 5.74) is 0.667. The van der Waals surface area contributed by atoms with Gasteiger partial charge in [0.15, 0.2) is 0 Å². The predicted molar refractivity (Wildman–Crippen MR) is 74.1 cm³/mol. The van der Waals surface area contributed by atoms with Gasteiger partial charge in [0.25, 0.3) is 5.56 Å². The van der Waals surface area contributed by atoms with Crippen molar-refractivity contribution in [2.45, 2.75) is 13.5 Å². The van der Waals surface area contributed by atoms with E-state index in [1.165, 1.54) is 22.9 Å². The maximum Gasteiger partial charge on any atom is 0.268 e. The molecule has 0 amide bonds. The van der Waals surface area contributed by atoms with Crippen LogP contribution in [0.4, 0.5) is 4.39 Å². The molecule has 0 spiro atoms. The summed E-state index contributed by atoms with van der Waals surface area (Å²) in [5.74, 6) is 0.293. The fraction of sp³-hybridized carbons (Fsp3) is 0.167. The predicted octanol–water partition coefficient (Wildman–Crippen LogP) is 3.26. The zero-order valence-corrected chi connectivity index (χ0v) is 12.6. The first kappa shape index (κ1) is 13.4. The van der Waals surface area contributed by atoms with Crippen LogP contribution >= 0.6 is 31.9 Å². The molecule has 0 saturated carbocycles. The lowest BCUT2D eigenvalue weighted by Crippen LogP contribution is -2.24. The Morgan fingerprint density at radius 1 is 1.33 bits per heavy atom. The van der Waals surface area contributed by atoms with E-state index in [-0.39, 0.29) is 11.4 Å². The minimum Gasteiger partial charge on any atom is -0.291 e. The van der Waals surface area contributed by atoms with Crippen LogP contribution in [0.3, 0.4) is 0 Å². The van der Waals surface area contributed by atoms with Gasteiger partial charge in [-0.2, -0.15) is 0 Å². The smallest absolute Gasteiger partial charge is 0.268 e. The van der Waals surface area contributed by atoms with Crippen molar-refractivity contribution in [1.29, 1.82) is 0 Å². The molecule has 0 aliphatic heterocycles. The highest BCUT2D eigenvalue weighted by Crippen LogP contribution is 2.19. The Labute approximate surface area is 120 Å². The maximum absolute atomic E-state index is 13.0. The molecule has 0 radical (unpaired) electrons. The van der Waals surface area contributed by atoms with Gasteiger partial charge in [-0.25, -0.2) is 9.37 Å². The number of hydrogen-bond acceptors (Lipinski definition) is 2. The fourth-order valence-electron chi connectivity index (χ4n) is 1.56. The van der Waals surface area contributed by atoms with Crippen LogP contribution in [0, 0.1) is 12.7 Å². The quantitative estimate of drug-likeness (QED) is 0.807. The van der Waals surface area contributed by atoms with E-state index >= 15 is 0 Å². The topological polar surface area (TPSA) is 34.9 Å². The molecule has 18 heavy (non-hydrogen) atoms. The van der Waals surface area contributed by atoms with E-state index in [1.54, 1.807) is 13.0 Å². The number of aromatic nitrogens is 2. The summed E-state index contributed by atoms with van der Waals surface area (Å²) in [7, 11) is 0. The van der Waals surface area contributed by atoms with E-state index in [1.807, 2.05) is 0 Å². The third-order valence-electron chi connectivity index (χ3n) is 2.55. The summed E-state index contributed by atoms with van der Waals surface area (Å²) >= 11 is 6.44. The number of benzene rings is 1. The van der Waals surface area contributed by atoms with Crippen LogP contribution < -0.4 is 5.56 Å². The molecule has 0 N–H and O–H groups in total. The molecule has 6 heteroatoms. The Balaban J connectivity index is 2.46. The van der Waals surface area contributed by atoms with Gasteiger partial charge in [-0.1, -0.05) is 22.0 Å². The minimum absolute atomic E-state index is 0.154. The highest BCUT2D eigenvalue weighted by molar-refractivity contribution is 9.10. The Morgan fingerprint density at radius 2 is 2.06 bits per heavy atom. The lowest BCUT2D eigenvalue weighted by atomic mass is 10.2. The summed E-state index contributed by atoms with van der Waals surface area (Å²) in [6.07, 6.45) is 1.48. The molecule has 1 heterocycles. The monoisotopic (exact) mass is 374 g/mol. The second-order valence-corrected chi connectivity index (χ2v) is 5.49. The van der Waals surface area contributed by atoms with Gasteiger partial charge in [0.2, 0.25) is 0 Å². The maximum atomic E-state index is 13.0. The molecule has 3 nitrogen and oxygen atoms in total. The number of rotatable bonds is 2. The molecule has 0 unspecified atom stereocenters. The van der Waals surface area contributed by atoms with E-state index in [0.29, 0.717) is 21.3 Å². The Hall–Kier alpha value is -1.01. The Kier molecular flexibility index (Phi) is 3.97. The Morgan fingerprint density at radius 3 is 2.72 bits per heavy atom. The second kappa shape index (κ2) is 5.32. The third-order valence-corrected chi connectivity index (χ3v) is 3.83. The van der Waals surface area contributed by atoms with E-state index in [2.05, 4.69) is 36.8 Å². The van der Waals surface area contributed by atoms with Crippen LogP contribution in [0.2, 0.25) is 0 Å². The zero-order chi connectivity index (χ0) is 13.3. The first-order valence-electron chi connectivity index (χ1n) is 5.15. The number of nitrogens with zero attached hydrogens (tertiary/aromatic N) is 2. The minimum atomic E-state index is -0.318. The van der Waals surface area contributed by atoms with Crippen molar-refractivity contribution in [3.05, 3.63) is 60.9 Å². The summed E-state index contributed by atoms with van der Waals surface area (Å²) in [6, 6.07) is 4.39. The van der Waals surface area contributed by atoms with Gasteiger partial charge in [0, 0.05) is 10.7 Å². The standard InChI is InChI=1S/C12H9Br2FN2O/c1-7-16-5-11(14)12(18)17(7)6-8-2-3-9(15)4-10(8)13/h2-5H,6H2,1H3. The molecule has 0 atom stereocenters. The van der Waals surface area contributed by atoms with E-state index < -0.39 is 0 Å². The molecule has 1 aromatic heterocycles. The molecule has 94 valence electrons. The van der Waals surface area contributed by atoms with Gasteiger partial charge in [-0.3, -0.25) is 9.36 Å². The van der Waals surface area contributed by atoms with E-state index in [0.717, 1.165) is 5.56 Å². The molecule has 2 aromatic rings. The highest BCUT2D eigenvalue weighted by atomic mass is 79.9. The molecule has 0 saturated heterocycles. The number of aryl methyl sites for hydroxylation is 1. The lowest BCUT2D eigenvalue weighted by molar-refractivity contribution is 0.623. The van der Waals surface area contributed by atoms with Crippen molar-refractivity contribution in [3.63, 3.8) is 0 Å². The van der Waals surface area contributed by atoms with E-state index in [9.17, 15) is 9.18 Å². The van der Waals surface area contributed by atoms with Crippen LogP contribution in [0.1, 0.15) is 11.4 Å². The van der Waals surface area contributed by atoms with Gasteiger partial charge in [-0.15, -0.1) is 0 Å². The van der Waals surface area contributed by atoms with Crippen molar-refractivity contribution >= 4 is 31.9 Å². The highest BCUT2D eigenvalue weighted by Gasteiger charge is 2.08. The average Bonchev–Trinajstić information content (AvgIpc) is 2.32. The number of hydrogen-bond donors (Lipinski definition) is 0. The van der Waals surface area contributed by atoms with Crippen molar-refractivity contribution in [2.75, 3.05) is 0 Å². The Bertz CT molecular complexity index is 655. The van der Waals surface area contributed by atoms with Gasteiger partial charge in [0.1, 0.15) is 16.1 Å². The summed E-state index contributed by atoms with van der Waals surface area (Å²) in [5, 5.41) is 0. The SMILES string of the molecule is Cc1ncc(Br)c(=O)n1Cc1ccc(F)cc1Br. The van der Waals surface area contributed by atoms with Gasteiger partial charge in [0.05, 0.1) is 6.54 Å². The van der Waals surface area contributed by atoms with Gasteiger partial charge < -0.3 is 0 Å². The van der Waals surface area contributed by atoms with Crippen LogP contribution in [-0.4, -0.2) is 9.55 Å². The van der Waals surface area contributed by atoms with Crippen LogP contribution in [0.25, 0.3) is 0 Å². The molecule has 1 aromatic carbocycles. The second-order valence-electron chi connectivity index (χ2n) is 3.78. The van der Waals surface area contributed by atoms with Crippen molar-refractivity contribution in [3.8, 4) is 0 Å². The van der Waals surface area contributed by atoms with Gasteiger partial charge in [-0.05, 0) is 40.5 Å². The molecule has 2 rings (SSSR count). The first-order valence-corrected chi connectivity index (χ1v) is 6.73. The van der Waals surface area contributed by atoms with Crippen molar-refractivity contribution in [2.24, 2.45) is 0 Å². The fourth-order valence-corrected chi connectivity index (χ4v) is 2.35. The molecular weight excluding hydrogens is 367 g/mol. The lowest BCUT2D eigenvalue weighted by Gasteiger charge is -2.10. The summed E-state index contributed by atoms with van der Waals surface area (Å²) < 4.78 is 15.6. The first-order chi connectivity index (χ1) is 8.49. The molecule has 0 aliphatic rings. The molecule has 0 fully saturated rings. The van der Waals surface area contributed by atoms with Crippen LogP contribution in [0.15, 0.2) is 38.1 Å². The molecule has 0 aliphatic carbocycles. The zero-order valence-electron chi connectivity index (χ0n) is 9.45. The molecular formula is C12H9Br2FN2O. The van der Waals surface area contributed by atoms with Crippen LogP contribution in [0.5, 0.6) is 0 Å². The number of halogens is 3.